The number of hydrazine groups is 2. The Balaban J connectivity index is -0.0000000622. The van der Waals surface area contributed by atoms with Crippen molar-refractivity contribution >= 4 is 18.1 Å². The molecule has 28 heavy (non-hydrogen) atoms. The number of esters is 2. The van der Waals surface area contributed by atoms with E-state index >= 15 is 0 Å². The van der Waals surface area contributed by atoms with Crippen LogP contribution in [0.4, 0.5) is 4.79 Å². The number of carbonyl (C=O) groups is 3. The molecular formula is C13H44N10O5. The van der Waals surface area contributed by atoms with Crippen molar-refractivity contribution in [2.45, 2.75) is 12.8 Å². The van der Waals surface area contributed by atoms with E-state index in [1.165, 1.54) is 42.3 Å². The fourth-order valence-corrected chi connectivity index (χ4v) is 0.657. The summed E-state index contributed by atoms with van der Waals surface area (Å²) in [6.45, 7) is 0.300. The van der Waals surface area contributed by atoms with Crippen molar-refractivity contribution in [3.63, 3.8) is 0 Å². The SMILES string of the molecule is CN.CN.CN.CN.CN.CN.NNCCC(=O)OC(=O)OC(=O)CCNN. The van der Waals surface area contributed by atoms with Gasteiger partial charge in [0.2, 0.25) is 0 Å². The van der Waals surface area contributed by atoms with Gasteiger partial charge in [0.05, 0.1) is 12.8 Å². The molecule has 0 heterocycles. The van der Waals surface area contributed by atoms with Gasteiger partial charge in [0.15, 0.2) is 0 Å². The Morgan fingerprint density at radius 3 is 0.964 bits per heavy atom. The van der Waals surface area contributed by atoms with E-state index in [-0.39, 0.29) is 25.9 Å². The number of nitrogens with one attached hydrogen (secondary N) is 2. The molecule has 0 aromatic rings. The summed E-state index contributed by atoms with van der Waals surface area (Å²) in [6.07, 6.45) is -1.57. The molecule has 0 aromatic heterocycles. The molecule has 0 unspecified atom stereocenters. The first kappa shape index (κ1) is 45.1. The van der Waals surface area contributed by atoms with Gasteiger partial charge in [-0.2, -0.15) is 0 Å². The minimum Gasteiger partial charge on any atom is -0.360 e. The molecule has 0 aromatic carbocycles. The molecule has 0 radical (unpaired) electrons. The van der Waals surface area contributed by atoms with Crippen LogP contribution in [0.1, 0.15) is 12.8 Å². The molecule has 176 valence electrons. The lowest BCUT2D eigenvalue weighted by molar-refractivity contribution is -0.146. The van der Waals surface area contributed by atoms with Gasteiger partial charge in [-0.3, -0.25) is 32.1 Å². The van der Waals surface area contributed by atoms with Crippen LogP contribution in [0.5, 0.6) is 0 Å². The van der Waals surface area contributed by atoms with E-state index in [0.717, 1.165) is 0 Å². The van der Waals surface area contributed by atoms with Crippen LogP contribution in [0.2, 0.25) is 0 Å². The van der Waals surface area contributed by atoms with E-state index in [9.17, 15) is 14.4 Å². The molecule has 0 amide bonds. The Bertz CT molecular complexity index is 250. The fraction of sp³-hybridized carbons (Fsp3) is 0.769. The lowest BCUT2D eigenvalue weighted by Gasteiger charge is -2.03. The van der Waals surface area contributed by atoms with Crippen molar-refractivity contribution in [1.29, 1.82) is 0 Å². The number of rotatable bonds is 6. The molecule has 0 aliphatic carbocycles. The zero-order chi connectivity index (χ0) is 24.4. The minimum absolute atomic E-state index is 0.107. The van der Waals surface area contributed by atoms with Gasteiger partial charge < -0.3 is 43.9 Å². The lowest BCUT2D eigenvalue weighted by atomic mass is 10.4. The summed E-state index contributed by atoms with van der Waals surface area (Å²) in [5, 5.41) is 0. The van der Waals surface area contributed by atoms with Gasteiger partial charge in [-0.1, -0.05) is 0 Å². The van der Waals surface area contributed by atoms with Gasteiger partial charge >= 0.3 is 18.1 Å². The number of ether oxygens (including phenoxy) is 2. The maximum atomic E-state index is 10.8. The van der Waals surface area contributed by atoms with Crippen LogP contribution in [0.25, 0.3) is 0 Å². The highest BCUT2D eigenvalue weighted by molar-refractivity contribution is 5.88. The topological polar surface area (TPSA) is 302 Å². The van der Waals surface area contributed by atoms with Crippen LogP contribution in [-0.4, -0.2) is 73.5 Å². The second kappa shape index (κ2) is 63.9. The molecule has 0 aliphatic rings. The van der Waals surface area contributed by atoms with E-state index in [1.807, 2.05) is 0 Å². The first-order valence-electron chi connectivity index (χ1n) is 7.88. The summed E-state index contributed by atoms with van der Waals surface area (Å²) in [6, 6.07) is 0. The largest absolute Gasteiger partial charge is 0.524 e. The third-order valence-corrected chi connectivity index (χ3v) is 1.34. The second-order valence-electron chi connectivity index (χ2n) is 2.61. The van der Waals surface area contributed by atoms with E-state index in [4.69, 9.17) is 11.7 Å². The number of hydrogen-bond donors (Lipinski definition) is 10. The van der Waals surface area contributed by atoms with E-state index in [1.54, 1.807) is 0 Å². The van der Waals surface area contributed by atoms with Crippen molar-refractivity contribution in [2.24, 2.45) is 46.1 Å². The zero-order valence-electron chi connectivity index (χ0n) is 18.0. The highest BCUT2D eigenvalue weighted by atomic mass is 16.8. The molecular weight excluding hydrogens is 376 g/mol. The summed E-state index contributed by atoms with van der Waals surface area (Å²) >= 11 is 0. The first-order chi connectivity index (χ1) is 13.6. The standard InChI is InChI=1S/C7H14N4O5.6CH5N/c8-10-3-1-5(12)15-7(14)16-6(13)2-4-11-9;6*1-2/h10-11H,1-4,8-9H2;6*2H2,1H3. The second-order valence-corrected chi connectivity index (χ2v) is 2.61. The smallest absolute Gasteiger partial charge is 0.360 e. The summed E-state index contributed by atoms with van der Waals surface area (Å²) in [5.41, 5.74) is 31.4. The minimum atomic E-state index is -1.36. The van der Waals surface area contributed by atoms with Crippen LogP contribution < -0.4 is 56.9 Å². The molecule has 0 spiro atoms. The van der Waals surface area contributed by atoms with Crippen LogP contribution in [0.15, 0.2) is 0 Å². The monoisotopic (exact) mass is 420 g/mol. The van der Waals surface area contributed by atoms with Crippen LogP contribution in [0, 0.1) is 0 Å². The van der Waals surface area contributed by atoms with Gasteiger partial charge in [0, 0.05) is 13.1 Å². The first-order valence-corrected chi connectivity index (χ1v) is 7.88. The van der Waals surface area contributed by atoms with Crippen LogP contribution in [-0.2, 0) is 19.1 Å². The molecule has 0 rings (SSSR count). The normalized spacial score (nSPS) is 6.79. The summed E-state index contributed by atoms with van der Waals surface area (Å²) < 4.78 is 8.27. The van der Waals surface area contributed by atoms with Gasteiger partial charge in [0.25, 0.3) is 0 Å². The van der Waals surface area contributed by atoms with Crippen molar-refractivity contribution in [2.75, 3.05) is 55.4 Å². The van der Waals surface area contributed by atoms with Gasteiger partial charge in [-0.25, -0.2) is 4.79 Å². The summed E-state index contributed by atoms with van der Waals surface area (Å²) in [7, 11) is 9.00. The van der Waals surface area contributed by atoms with Crippen molar-refractivity contribution in [1.82, 2.24) is 10.9 Å². The molecule has 15 nitrogen and oxygen atoms in total. The van der Waals surface area contributed by atoms with Crippen LogP contribution >= 0.6 is 0 Å². The quantitative estimate of drug-likeness (QED) is 0.0835. The van der Waals surface area contributed by atoms with E-state index < -0.39 is 18.1 Å². The summed E-state index contributed by atoms with van der Waals surface area (Å²) in [4.78, 5) is 32.5. The van der Waals surface area contributed by atoms with Crippen molar-refractivity contribution < 1.29 is 23.9 Å². The van der Waals surface area contributed by atoms with Crippen LogP contribution in [0.3, 0.4) is 0 Å². The van der Waals surface area contributed by atoms with E-state index in [0.29, 0.717) is 0 Å². The maximum Gasteiger partial charge on any atom is 0.524 e. The Kier molecular flexibility index (Phi) is 103. The number of hydrogen-bond acceptors (Lipinski definition) is 15. The third-order valence-electron chi connectivity index (χ3n) is 1.34. The van der Waals surface area contributed by atoms with E-state index in [2.05, 4.69) is 54.7 Å². The predicted octanol–water partition coefficient (Wildman–Crippen LogP) is -4.65. The molecule has 18 N–H and O–H groups in total. The Labute approximate surface area is 168 Å². The molecule has 0 saturated heterocycles. The van der Waals surface area contributed by atoms with Crippen molar-refractivity contribution in [3.05, 3.63) is 0 Å². The highest BCUT2D eigenvalue weighted by Crippen LogP contribution is 1.93. The molecule has 0 saturated carbocycles. The average Bonchev–Trinajstić information content (AvgIpc) is 2.79. The third kappa shape index (κ3) is 64.6. The maximum absolute atomic E-state index is 10.8. The molecule has 15 heteroatoms. The zero-order valence-corrected chi connectivity index (χ0v) is 18.0. The summed E-state index contributed by atoms with van der Waals surface area (Å²) in [5.74, 6) is 8.11. The van der Waals surface area contributed by atoms with Gasteiger partial charge in [0.1, 0.15) is 0 Å². The number of nitrogens with two attached hydrogens (primary N) is 8. The van der Waals surface area contributed by atoms with Gasteiger partial charge in [-0.15, -0.1) is 0 Å². The Hall–Kier alpha value is -1.79. The molecule has 0 atom stereocenters. The average molecular weight is 421 g/mol. The highest BCUT2D eigenvalue weighted by Gasteiger charge is 2.15. The Morgan fingerprint density at radius 2 is 0.786 bits per heavy atom. The van der Waals surface area contributed by atoms with Crippen molar-refractivity contribution in [3.8, 4) is 0 Å². The number of carbonyl (C=O) groups excluding carboxylic acids is 3. The lowest BCUT2D eigenvalue weighted by Crippen LogP contribution is -2.28. The fourth-order valence-electron chi connectivity index (χ4n) is 0.657. The van der Waals surface area contributed by atoms with Gasteiger partial charge in [-0.05, 0) is 42.3 Å². The Morgan fingerprint density at radius 1 is 0.571 bits per heavy atom. The predicted molar refractivity (Wildman–Crippen MR) is 112 cm³/mol. The molecule has 0 aliphatic heterocycles. The molecule has 0 fully saturated rings. The molecule has 0 bridgehead atoms.